The Bertz CT molecular complexity index is 813. The Hall–Kier alpha value is -2.85. The van der Waals surface area contributed by atoms with Crippen LogP contribution >= 0.6 is 0 Å². The Labute approximate surface area is 110 Å². The van der Waals surface area contributed by atoms with Crippen LogP contribution in [0.5, 0.6) is 0 Å². The van der Waals surface area contributed by atoms with Crippen molar-refractivity contribution in [2.45, 2.75) is 13.8 Å². The van der Waals surface area contributed by atoms with Crippen molar-refractivity contribution in [3.05, 3.63) is 50.8 Å². The third-order valence-electron chi connectivity index (χ3n) is 3.12. The van der Waals surface area contributed by atoms with E-state index in [1.54, 1.807) is 18.2 Å². The van der Waals surface area contributed by atoms with Gasteiger partial charge in [0.15, 0.2) is 0 Å². The zero-order valence-electron chi connectivity index (χ0n) is 10.6. The molecule has 0 aliphatic heterocycles. The van der Waals surface area contributed by atoms with Gasteiger partial charge in [-0.15, -0.1) is 0 Å². The number of nitriles is 2. The van der Waals surface area contributed by atoms with Gasteiger partial charge in [0.05, 0.1) is 5.52 Å². The highest BCUT2D eigenvalue weighted by atomic mass is 16.1. The van der Waals surface area contributed by atoms with Crippen LogP contribution in [-0.2, 0) is 0 Å². The van der Waals surface area contributed by atoms with Gasteiger partial charge in [-0.1, -0.05) is 12.1 Å². The molecule has 0 saturated carbocycles. The van der Waals surface area contributed by atoms with Crippen LogP contribution in [0.25, 0.3) is 17.0 Å². The maximum Gasteiger partial charge on any atom is 0.255 e. The van der Waals surface area contributed by atoms with Gasteiger partial charge < -0.3 is 4.98 Å². The summed E-state index contributed by atoms with van der Waals surface area (Å²) in [6, 6.07) is 9.05. The zero-order valence-corrected chi connectivity index (χ0v) is 10.6. The Kier molecular flexibility index (Phi) is 3.18. The van der Waals surface area contributed by atoms with Crippen molar-refractivity contribution in [1.82, 2.24) is 4.98 Å². The highest BCUT2D eigenvalue weighted by Crippen LogP contribution is 2.19. The maximum absolute atomic E-state index is 11.9. The molecule has 0 spiro atoms. The number of rotatable bonds is 1. The number of H-pyrrole nitrogens is 1. The number of benzene rings is 1. The van der Waals surface area contributed by atoms with E-state index in [2.05, 4.69) is 4.98 Å². The number of aromatic nitrogens is 1. The molecule has 1 heterocycles. The minimum Gasteiger partial charge on any atom is -0.321 e. The van der Waals surface area contributed by atoms with Crippen molar-refractivity contribution in [3.8, 4) is 12.1 Å². The molecule has 4 heteroatoms. The van der Waals surface area contributed by atoms with Crippen molar-refractivity contribution in [2.75, 3.05) is 0 Å². The molecule has 92 valence electrons. The predicted octanol–water partition coefficient (Wildman–Crippen LogP) is 2.58. The molecule has 2 aromatic rings. The van der Waals surface area contributed by atoms with Gasteiger partial charge in [0.2, 0.25) is 0 Å². The van der Waals surface area contributed by atoms with Crippen molar-refractivity contribution >= 4 is 17.0 Å². The molecule has 1 N–H and O–H groups in total. The first kappa shape index (κ1) is 12.6. The quantitative estimate of drug-likeness (QED) is 0.788. The smallest absolute Gasteiger partial charge is 0.255 e. The highest BCUT2D eigenvalue weighted by molar-refractivity contribution is 5.84. The molecule has 0 saturated heterocycles. The summed E-state index contributed by atoms with van der Waals surface area (Å²) in [6.45, 7) is 3.92. The predicted molar refractivity (Wildman–Crippen MR) is 73.2 cm³/mol. The molecule has 2 rings (SSSR count). The van der Waals surface area contributed by atoms with E-state index >= 15 is 0 Å². The molecular formula is C15H11N3O. The number of nitrogens with one attached hydrogen (secondary N) is 1. The third kappa shape index (κ3) is 2.25. The summed E-state index contributed by atoms with van der Waals surface area (Å²) in [5.74, 6) is 0. The first-order chi connectivity index (χ1) is 9.06. The first-order valence-electron chi connectivity index (χ1n) is 5.72. The summed E-state index contributed by atoms with van der Waals surface area (Å²) in [4.78, 5) is 14.7. The van der Waals surface area contributed by atoms with E-state index in [0.29, 0.717) is 5.56 Å². The van der Waals surface area contributed by atoms with Crippen LogP contribution in [0.3, 0.4) is 0 Å². The molecule has 0 aliphatic rings. The molecule has 4 nitrogen and oxygen atoms in total. The lowest BCUT2D eigenvalue weighted by molar-refractivity contribution is 1.25. The van der Waals surface area contributed by atoms with Gasteiger partial charge in [0.25, 0.3) is 5.56 Å². The standard InChI is InChI=1S/C15H11N3O/c1-9-3-4-12-6-13(5-11(7-16)8-17)15(19)18-14(12)10(9)2/h3-6H,1-2H3,(H,18,19). The van der Waals surface area contributed by atoms with E-state index in [4.69, 9.17) is 10.5 Å². The van der Waals surface area contributed by atoms with E-state index in [1.807, 2.05) is 26.0 Å². The molecule has 0 aliphatic carbocycles. The van der Waals surface area contributed by atoms with Crippen molar-refractivity contribution < 1.29 is 0 Å². The van der Waals surface area contributed by atoms with Gasteiger partial charge in [0.1, 0.15) is 17.7 Å². The third-order valence-corrected chi connectivity index (χ3v) is 3.12. The Balaban J connectivity index is 2.76. The second-order valence-corrected chi connectivity index (χ2v) is 4.31. The molecule has 0 fully saturated rings. The lowest BCUT2D eigenvalue weighted by atomic mass is 10.0. The lowest BCUT2D eigenvalue weighted by Gasteiger charge is -2.06. The molecule has 1 aromatic carbocycles. The number of nitrogens with zero attached hydrogens (tertiary/aromatic N) is 2. The van der Waals surface area contributed by atoms with E-state index in [-0.39, 0.29) is 11.1 Å². The van der Waals surface area contributed by atoms with Gasteiger partial charge in [-0.3, -0.25) is 4.79 Å². The Morgan fingerprint density at radius 1 is 1.26 bits per heavy atom. The van der Waals surface area contributed by atoms with Crippen LogP contribution in [0.15, 0.2) is 28.6 Å². The Morgan fingerprint density at radius 2 is 1.95 bits per heavy atom. The molecule has 19 heavy (non-hydrogen) atoms. The SMILES string of the molecule is Cc1ccc2cc(C=C(C#N)C#N)c(=O)[nH]c2c1C. The minimum atomic E-state index is -0.302. The summed E-state index contributed by atoms with van der Waals surface area (Å²) in [7, 11) is 0. The fourth-order valence-corrected chi connectivity index (χ4v) is 1.89. The summed E-state index contributed by atoms with van der Waals surface area (Å²) in [5, 5.41) is 18.3. The van der Waals surface area contributed by atoms with Gasteiger partial charge in [-0.05, 0) is 42.5 Å². The van der Waals surface area contributed by atoms with Crippen LogP contribution in [0, 0.1) is 36.5 Å². The van der Waals surface area contributed by atoms with Crippen LogP contribution < -0.4 is 5.56 Å². The topological polar surface area (TPSA) is 80.4 Å². The van der Waals surface area contributed by atoms with Gasteiger partial charge >= 0.3 is 0 Å². The van der Waals surface area contributed by atoms with Crippen LogP contribution in [-0.4, -0.2) is 4.98 Å². The van der Waals surface area contributed by atoms with E-state index in [1.165, 1.54) is 6.08 Å². The number of aromatic amines is 1. The number of pyridine rings is 1. The average molecular weight is 249 g/mol. The largest absolute Gasteiger partial charge is 0.321 e. The van der Waals surface area contributed by atoms with Gasteiger partial charge in [0, 0.05) is 5.56 Å². The van der Waals surface area contributed by atoms with Crippen molar-refractivity contribution in [3.63, 3.8) is 0 Å². The van der Waals surface area contributed by atoms with Gasteiger partial charge in [-0.25, -0.2) is 0 Å². The zero-order chi connectivity index (χ0) is 14.0. The Morgan fingerprint density at radius 3 is 2.58 bits per heavy atom. The maximum atomic E-state index is 11.9. The highest BCUT2D eigenvalue weighted by Gasteiger charge is 2.05. The number of hydrogen-bond acceptors (Lipinski definition) is 3. The fraction of sp³-hybridized carbons (Fsp3) is 0.133. The van der Waals surface area contributed by atoms with E-state index in [0.717, 1.165) is 22.0 Å². The van der Waals surface area contributed by atoms with E-state index < -0.39 is 0 Å². The number of allylic oxidation sites excluding steroid dienone is 1. The van der Waals surface area contributed by atoms with Crippen molar-refractivity contribution in [1.29, 1.82) is 10.5 Å². The van der Waals surface area contributed by atoms with Crippen LogP contribution in [0.1, 0.15) is 16.7 Å². The first-order valence-corrected chi connectivity index (χ1v) is 5.72. The molecular weight excluding hydrogens is 238 g/mol. The lowest BCUT2D eigenvalue weighted by Crippen LogP contribution is -2.10. The van der Waals surface area contributed by atoms with Crippen LogP contribution in [0.2, 0.25) is 0 Å². The average Bonchev–Trinajstić information content (AvgIpc) is 2.41. The summed E-state index contributed by atoms with van der Waals surface area (Å²) in [6.07, 6.45) is 1.30. The molecule has 0 bridgehead atoms. The number of fused-ring (bicyclic) bond motifs is 1. The molecule has 0 unspecified atom stereocenters. The number of hydrogen-bond donors (Lipinski definition) is 1. The second kappa shape index (κ2) is 4.80. The molecule has 0 atom stereocenters. The summed E-state index contributed by atoms with van der Waals surface area (Å²) >= 11 is 0. The normalized spacial score (nSPS) is 9.68. The number of aryl methyl sites for hydroxylation is 2. The molecule has 0 amide bonds. The summed E-state index contributed by atoms with van der Waals surface area (Å²) < 4.78 is 0. The van der Waals surface area contributed by atoms with Crippen molar-refractivity contribution in [2.24, 2.45) is 0 Å². The van der Waals surface area contributed by atoms with Crippen LogP contribution in [0.4, 0.5) is 0 Å². The second-order valence-electron chi connectivity index (χ2n) is 4.31. The van der Waals surface area contributed by atoms with Gasteiger partial charge in [-0.2, -0.15) is 10.5 Å². The minimum absolute atomic E-state index is 0.0892. The molecule has 0 radical (unpaired) electrons. The fourth-order valence-electron chi connectivity index (χ4n) is 1.89. The monoisotopic (exact) mass is 249 g/mol. The van der Waals surface area contributed by atoms with E-state index in [9.17, 15) is 4.79 Å². The molecule has 1 aromatic heterocycles. The summed E-state index contributed by atoms with van der Waals surface area (Å²) in [5.41, 5.74) is 2.83.